The molecule has 0 spiro atoms. The molecule has 1 aromatic heterocycles. The summed E-state index contributed by atoms with van der Waals surface area (Å²) in [6.45, 7) is 1.47. The number of nitro benzene ring substituents is 1. The Morgan fingerprint density at radius 1 is 1.00 bits per heavy atom. The largest absolute Gasteiger partial charge is 0.454 e. The number of fused-ring (bicyclic) bond motifs is 2. The molecule has 1 aliphatic carbocycles. The van der Waals surface area contributed by atoms with Crippen molar-refractivity contribution in [2.45, 2.75) is 26.2 Å². The van der Waals surface area contributed by atoms with E-state index in [-0.39, 0.29) is 40.5 Å². The first-order chi connectivity index (χ1) is 21.1. The molecule has 6 rings (SSSR count). The smallest absolute Gasteiger partial charge is 0.339 e. The zero-order valence-electron chi connectivity index (χ0n) is 23.6. The van der Waals surface area contributed by atoms with Crippen LogP contribution in [0.15, 0.2) is 72.8 Å². The summed E-state index contributed by atoms with van der Waals surface area (Å²) in [5.41, 5.74) is 1.71. The van der Waals surface area contributed by atoms with Gasteiger partial charge in [-0.05, 0) is 49.4 Å². The van der Waals surface area contributed by atoms with Gasteiger partial charge in [0.25, 0.3) is 5.69 Å². The molecule has 4 aromatic rings. The minimum atomic E-state index is -0.804. The van der Waals surface area contributed by atoms with Crippen LogP contribution >= 0.6 is 11.6 Å². The third kappa shape index (κ3) is 5.33. The highest BCUT2D eigenvalue weighted by Crippen LogP contribution is 2.42. The van der Waals surface area contributed by atoms with E-state index in [1.807, 2.05) is 0 Å². The van der Waals surface area contributed by atoms with E-state index >= 15 is 0 Å². The summed E-state index contributed by atoms with van der Waals surface area (Å²) in [5, 5.41) is 11.8. The number of ketones is 1. The summed E-state index contributed by atoms with van der Waals surface area (Å²) in [5.74, 6) is -1.90. The van der Waals surface area contributed by atoms with Crippen LogP contribution in [-0.4, -0.2) is 40.1 Å². The molecule has 2 aliphatic rings. The van der Waals surface area contributed by atoms with Crippen molar-refractivity contribution >= 4 is 57.4 Å². The second-order valence-electron chi connectivity index (χ2n) is 11.2. The van der Waals surface area contributed by atoms with Crippen molar-refractivity contribution in [1.29, 1.82) is 0 Å². The molecular formula is C33H26ClN3O7. The number of amides is 2. The van der Waals surface area contributed by atoms with Gasteiger partial charge < -0.3 is 4.74 Å². The molecule has 3 aromatic carbocycles. The van der Waals surface area contributed by atoms with Crippen LogP contribution in [0, 0.1) is 27.9 Å². The number of nitro groups is 1. The number of carbonyl (C=O) groups excluding carboxylic acids is 4. The number of nitrogens with zero attached hydrogens (tertiary/aromatic N) is 3. The molecule has 0 bridgehead atoms. The first-order valence-corrected chi connectivity index (χ1v) is 14.5. The topological polar surface area (TPSA) is 137 Å². The molecule has 1 saturated carbocycles. The first-order valence-electron chi connectivity index (χ1n) is 14.1. The van der Waals surface area contributed by atoms with Crippen LogP contribution in [0.25, 0.3) is 22.2 Å². The molecule has 3 unspecified atom stereocenters. The number of rotatable bonds is 7. The van der Waals surface area contributed by atoms with E-state index in [0.29, 0.717) is 51.6 Å². The van der Waals surface area contributed by atoms with Gasteiger partial charge in [-0.2, -0.15) is 0 Å². The number of benzene rings is 3. The Labute approximate surface area is 256 Å². The second kappa shape index (κ2) is 11.6. The van der Waals surface area contributed by atoms with Crippen molar-refractivity contribution in [3.05, 3.63) is 99.1 Å². The number of pyridine rings is 1. The Bertz CT molecular complexity index is 1860. The molecule has 2 fully saturated rings. The van der Waals surface area contributed by atoms with E-state index in [0.717, 1.165) is 12.5 Å². The normalized spacial score (nSPS) is 19.6. The van der Waals surface area contributed by atoms with Gasteiger partial charge in [-0.1, -0.05) is 54.9 Å². The maximum Gasteiger partial charge on any atom is 0.339 e. The number of imide groups is 1. The fraction of sp³-hybridized carbons (Fsp3) is 0.242. The van der Waals surface area contributed by atoms with E-state index in [2.05, 4.69) is 11.9 Å². The number of anilines is 1. The average Bonchev–Trinajstić information content (AvgIpc) is 3.27. The van der Waals surface area contributed by atoms with Gasteiger partial charge in [-0.3, -0.25) is 29.4 Å². The molecule has 3 atom stereocenters. The van der Waals surface area contributed by atoms with Crippen LogP contribution in [0.4, 0.5) is 11.4 Å². The summed E-state index contributed by atoms with van der Waals surface area (Å²) < 4.78 is 5.34. The molecule has 2 amide bonds. The molecule has 10 nitrogen and oxygen atoms in total. The van der Waals surface area contributed by atoms with Gasteiger partial charge >= 0.3 is 5.97 Å². The summed E-state index contributed by atoms with van der Waals surface area (Å²) in [6, 6.07) is 18.4. The molecule has 0 N–H and O–H groups in total. The van der Waals surface area contributed by atoms with E-state index in [9.17, 15) is 29.3 Å². The van der Waals surface area contributed by atoms with Crippen LogP contribution in [0.3, 0.4) is 0 Å². The number of non-ortho nitro benzene ring substituents is 1. The van der Waals surface area contributed by atoms with Crippen molar-refractivity contribution in [2.24, 2.45) is 17.8 Å². The van der Waals surface area contributed by atoms with E-state index in [1.54, 1.807) is 42.5 Å². The van der Waals surface area contributed by atoms with Crippen LogP contribution in [0.1, 0.15) is 46.9 Å². The number of Topliss-reactive ketones (excluding diaryl/α,β-unsaturated/α-hetero) is 1. The van der Waals surface area contributed by atoms with Gasteiger partial charge in [-0.25, -0.2) is 9.78 Å². The maximum atomic E-state index is 13.3. The molecule has 44 heavy (non-hydrogen) atoms. The summed E-state index contributed by atoms with van der Waals surface area (Å²) >= 11 is 6.45. The number of esters is 1. The zero-order valence-corrected chi connectivity index (χ0v) is 24.3. The molecular weight excluding hydrogens is 586 g/mol. The molecule has 11 heteroatoms. The average molecular weight is 612 g/mol. The van der Waals surface area contributed by atoms with Gasteiger partial charge in [0.2, 0.25) is 17.6 Å². The van der Waals surface area contributed by atoms with Crippen molar-refractivity contribution in [2.75, 3.05) is 11.5 Å². The summed E-state index contributed by atoms with van der Waals surface area (Å²) in [4.78, 5) is 68.6. The molecule has 1 saturated heterocycles. The van der Waals surface area contributed by atoms with Gasteiger partial charge in [0.15, 0.2) is 6.61 Å². The fourth-order valence-electron chi connectivity index (χ4n) is 6.04. The molecule has 0 radical (unpaired) electrons. The Morgan fingerprint density at radius 3 is 2.48 bits per heavy atom. The summed E-state index contributed by atoms with van der Waals surface area (Å²) in [7, 11) is 0. The first kappa shape index (κ1) is 29.1. The Kier molecular flexibility index (Phi) is 7.69. The SMILES string of the molecule is CC1CCC2C(=O)N(c3ccc(-c4cc(C(=O)OCC(=O)c5cccc([N+](=O)[O-])c5)c5cccc(Cl)c5n4)cc3)C(=O)C2C1. The van der Waals surface area contributed by atoms with E-state index < -0.39 is 23.3 Å². The Hall–Kier alpha value is -4.96. The summed E-state index contributed by atoms with van der Waals surface area (Å²) in [6.07, 6.45) is 2.35. The number of carbonyl (C=O) groups is 4. The Balaban J connectivity index is 1.27. The minimum absolute atomic E-state index is 0.0409. The molecule has 1 aliphatic heterocycles. The zero-order chi connectivity index (χ0) is 31.1. The van der Waals surface area contributed by atoms with Gasteiger partial charge in [0, 0.05) is 28.6 Å². The molecule has 2 heterocycles. The van der Waals surface area contributed by atoms with E-state index in [4.69, 9.17) is 16.3 Å². The standard InChI is InChI=1S/C33H26ClN3O7/c1-18-8-13-24-25(14-18)32(40)36(31(24)39)21-11-9-19(10-12-21)28-16-26(23-6-3-7-27(34)30(23)35-28)33(41)44-17-29(38)20-4-2-5-22(15-20)37(42)43/h2-7,9-12,15-16,18,24-25H,8,13-14,17H2,1H3. The van der Waals surface area contributed by atoms with Crippen molar-refractivity contribution in [3.8, 4) is 11.3 Å². The number of para-hydroxylation sites is 1. The van der Waals surface area contributed by atoms with Crippen LogP contribution in [0.5, 0.6) is 0 Å². The highest BCUT2D eigenvalue weighted by molar-refractivity contribution is 6.35. The van der Waals surface area contributed by atoms with Gasteiger partial charge in [0.05, 0.1) is 44.2 Å². The minimum Gasteiger partial charge on any atom is -0.454 e. The number of ether oxygens (including phenoxy) is 1. The lowest BCUT2D eigenvalue weighted by Gasteiger charge is -2.25. The fourth-order valence-corrected chi connectivity index (χ4v) is 6.26. The van der Waals surface area contributed by atoms with Gasteiger partial charge in [0.1, 0.15) is 0 Å². The number of halogens is 1. The quantitative estimate of drug-likeness (QED) is 0.0766. The van der Waals surface area contributed by atoms with Crippen LogP contribution in [-0.2, 0) is 14.3 Å². The van der Waals surface area contributed by atoms with E-state index in [1.165, 1.54) is 29.2 Å². The second-order valence-corrected chi connectivity index (χ2v) is 11.6. The molecule has 222 valence electrons. The number of aromatic nitrogens is 1. The predicted octanol–water partition coefficient (Wildman–Crippen LogP) is 6.43. The highest BCUT2D eigenvalue weighted by Gasteiger charge is 2.49. The number of hydrogen-bond donors (Lipinski definition) is 0. The third-order valence-electron chi connectivity index (χ3n) is 8.33. The maximum absolute atomic E-state index is 13.3. The highest BCUT2D eigenvalue weighted by atomic mass is 35.5. The monoisotopic (exact) mass is 611 g/mol. The van der Waals surface area contributed by atoms with Crippen molar-refractivity contribution < 1.29 is 28.8 Å². The van der Waals surface area contributed by atoms with Crippen molar-refractivity contribution in [3.63, 3.8) is 0 Å². The Morgan fingerprint density at radius 2 is 1.73 bits per heavy atom. The lowest BCUT2D eigenvalue weighted by atomic mass is 9.76. The van der Waals surface area contributed by atoms with Crippen molar-refractivity contribution in [1.82, 2.24) is 4.98 Å². The van der Waals surface area contributed by atoms with Crippen LogP contribution in [0.2, 0.25) is 5.02 Å². The van der Waals surface area contributed by atoms with Crippen LogP contribution < -0.4 is 4.90 Å². The third-order valence-corrected chi connectivity index (χ3v) is 8.64. The van der Waals surface area contributed by atoms with Gasteiger partial charge in [-0.15, -0.1) is 0 Å². The number of hydrogen-bond acceptors (Lipinski definition) is 8. The lowest BCUT2D eigenvalue weighted by molar-refractivity contribution is -0.384. The predicted molar refractivity (Wildman–Crippen MR) is 162 cm³/mol. The lowest BCUT2D eigenvalue weighted by Crippen LogP contribution is -2.30.